The van der Waals surface area contributed by atoms with Gasteiger partial charge < -0.3 is 5.32 Å². The topological polar surface area (TPSA) is 29.9 Å². The maximum Gasteiger partial charge on any atom is 0.176 e. The molecule has 19 heavy (non-hydrogen) atoms. The van der Waals surface area contributed by atoms with Gasteiger partial charge in [0.05, 0.1) is 5.69 Å². The fraction of sp³-hybridized carbons (Fsp3) is 0.462. The summed E-state index contributed by atoms with van der Waals surface area (Å²) >= 11 is 1.19. The van der Waals surface area contributed by atoms with Gasteiger partial charge in [0.2, 0.25) is 0 Å². The van der Waals surface area contributed by atoms with Crippen molar-refractivity contribution in [2.24, 2.45) is 5.92 Å². The van der Waals surface area contributed by atoms with E-state index in [9.17, 15) is 4.39 Å². The minimum Gasteiger partial charge on any atom is -0.306 e. The summed E-state index contributed by atoms with van der Waals surface area (Å²) in [5, 5.41) is 7.49. The molecule has 0 bridgehead atoms. The SMILES string of the molecule is CC(C)Cn1nccc1CNCc1ccc(F)s1.Cl. The molecule has 2 rings (SSSR count). The quantitative estimate of drug-likeness (QED) is 0.886. The smallest absolute Gasteiger partial charge is 0.176 e. The summed E-state index contributed by atoms with van der Waals surface area (Å²) in [5.74, 6) is 0.579. The molecule has 1 N–H and O–H groups in total. The van der Waals surface area contributed by atoms with Crippen molar-refractivity contribution in [3.05, 3.63) is 40.1 Å². The second kappa shape index (κ2) is 7.62. The Morgan fingerprint density at radius 1 is 1.32 bits per heavy atom. The Labute approximate surface area is 123 Å². The van der Waals surface area contributed by atoms with Crippen LogP contribution in [0, 0.1) is 11.0 Å². The van der Waals surface area contributed by atoms with Gasteiger partial charge in [-0.05, 0) is 24.1 Å². The monoisotopic (exact) mass is 303 g/mol. The zero-order chi connectivity index (χ0) is 13.0. The Morgan fingerprint density at radius 2 is 2.11 bits per heavy atom. The summed E-state index contributed by atoms with van der Waals surface area (Å²) in [5.41, 5.74) is 1.17. The summed E-state index contributed by atoms with van der Waals surface area (Å²) in [6.45, 7) is 6.73. The number of thiophene rings is 1. The average molecular weight is 304 g/mol. The van der Waals surface area contributed by atoms with Crippen LogP contribution >= 0.6 is 23.7 Å². The summed E-state index contributed by atoms with van der Waals surface area (Å²) in [6.07, 6.45) is 1.82. The summed E-state index contributed by atoms with van der Waals surface area (Å²) in [4.78, 5) is 1.02. The molecular weight excluding hydrogens is 285 g/mol. The van der Waals surface area contributed by atoms with E-state index in [2.05, 4.69) is 24.3 Å². The number of halogens is 2. The average Bonchev–Trinajstić information content (AvgIpc) is 2.88. The van der Waals surface area contributed by atoms with Crippen molar-refractivity contribution in [1.82, 2.24) is 15.1 Å². The third kappa shape index (κ3) is 4.93. The van der Waals surface area contributed by atoms with Crippen molar-refractivity contribution in [3.63, 3.8) is 0 Å². The molecule has 0 fully saturated rings. The van der Waals surface area contributed by atoms with Crippen molar-refractivity contribution in [2.45, 2.75) is 33.5 Å². The lowest BCUT2D eigenvalue weighted by Gasteiger charge is -2.10. The second-order valence-electron chi connectivity index (χ2n) is 4.71. The largest absolute Gasteiger partial charge is 0.306 e. The van der Waals surface area contributed by atoms with E-state index in [0.717, 1.165) is 18.0 Å². The first-order valence-electron chi connectivity index (χ1n) is 6.11. The molecule has 6 heteroatoms. The number of nitrogens with one attached hydrogen (secondary N) is 1. The molecule has 0 atom stereocenters. The van der Waals surface area contributed by atoms with E-state index in [1.165, 1.54) is 23.1 Å². The zero-order valence-corrected chi connectivity index (χ0v) is 12.7. The van der Waals surface area contributed by atoms with Crippen LogP contribution in [0.3, 0.4) is 0 Å². The molecule has 0 amide bonds. The summed E-state index contributed by atoms with van der Waals surface area (Å²) < 4.78 is 14.8. The van der Waals surface area contributed by atoms with Gasteiger partial charge in [-0.3, -0.25) is 4.68 Å². The number of nitrogens with zero attached hydrogens (tertiary/aromatic N) is 2. The fourth-order valence-corrected chi connectivity index (χ4v) is 2.48. The molecule has 2 heterocycles. The van der Waals surface area contributed by atoms with Crippen LogP contribution in [-0.4, -0.2) is 9.78 Å². The van der Waals surface area contributed by atoms with Crippen molar-refractivity contribution in [2.75, 3.05) is 0 Å². The summed E-state index contributed by atoms with van der Waals surface area (Å²) in [7, 11) is 0. The third-order valence-electron chi connectivity index (χ3n) is 2.58. The van der Waals surface area contributed by atoms with E-state index in [-0.39, 0.29) is 17.5 Å². The van der Waals surface area contributed by atoms with Crippen molar-refractivity contribution in [3.8, 4) is 0 Å². The van der Waals surface area contributed by atoms with Gasteiger partial charge >= 0.3 is 0 Å². The van der Waals surface area contributed by atoms with Crippen LogP contribution in [0.25, 0.3) is 0 Å². The molecule has 0 aliphatic heterocycles. The highest BCUT2D eigenvalue weighted by molar-refractivity contribution is 7.10. The van der Waals surface area contributed by atoms with Crippen LogP contribution < -0.4 is 5.32 Å². The van der Waals surface area contributed by atoms with Gasteiger partial charge in [0.1, 0.15) is 0 Å². The number of aromatic nitrogens is 2. The van der Waals surface area contributed by atoms with Crippen molar-refractivity contribution < 1.29 is 4.39 Å². The summed E-state index contributed by atoms with van der Waals surface area (Å²) in [6, 6.07) is 5.34. The molecule has 0 saturated carbocycles. The van der Waals surface area contributed by atoms with Gasteiger partial charge in [0.15, 0.2) is 5.13 Å². The minimum atomic E-state index is -0.128. The fourth-order valence-electron chi connectivity index (χ4n) is 1.78. The van der Waals surface area contributed by atoms with E-state index < -0.39 is 0 Å². The van der Waals surface area contributed by atoms with Crippen LogP contribution in [0.5, 0.6) is 0 Å². The van der Waals surface area contributed by atoms with E-state index in [0.29, 0.717) is 12.5 Å². The van der Waals surface area contributed by atoms with Gasteiger partial charge in [-0.25, -0.2) is 0 Å². The molecular formula is C13H19ClFN3S. The van der Waals surface area contributed by atoms with Crippen LogP contribution in [0.2, 0.25) is 0 Å². The van der Waals surface area contributed by atoms with E-state index in [4.69, 9.17) is 0 Å². The maximum absolute atomic E-state index is 12.8. The third-order valence-corrected chi connectivity index (χ3v) is 3.45. The van der Waals surface area contributed by atoms with Crippen LogP contribution in [0.4, 0.5) is 4.39 Å². The molecule has 3 nitrogen and oxygen atoms in total. The predicted molar refractivity (Wildman–Crippen MR) is 79.1 cm³/mol. The highest BCUT2D eigenvalue weighted by Gasteiger charge is 2.04. The number of rotatable bonds is 6. The van der Waals surface area contributed by atoms with Gasteiger partial charge in [-0.15, -0.1) is 23.7 Å². The standard InChI is InChI=1S/C13H18FN3S.ClH/c1-10(2)9-17-11(5-6-16-17)7-15-8-12-3-4-13(14)18-12;/h3-6,10,15H,7-9H2,1-2H3;1H. The molecule has 0 spiro atoms. The molecule has 106 valence electrons. The highest BCUT2D eigenvalue weighted by atomic mass is 35.5. The Bertz CT molecular complexity index is 496. The van der Waals surface area contributed by atoms with Crippen LogP contribution in [0.15, 0.2) is 24.4 Å². The molecule has 0 unspecified atom stereocenters. The molecule has 2 aromatic heterocycles. The van der Waals surface area contributed by atoms with Gasteiger partial charge in [-0.2, -0.15) is 9.49 Å². The maximum atomic E-state index is 12.8. The van der Waals surface area contributed by atoms with E-state index in [1.54, 1.807) is 0 Å². The second-order valence-corrected chi connectivity index (χ2v) is 5.83. The first-order valence-corrected chi connectivity index (χ1v) is 6.92. The Kier molecular flexibility index (Phi) is 6.48. The molecule has 0 saturated heterocycles. The normalized spacial score (nSPS) is 10.7. The molecule has 0 radical (unpaired) electrons. The van der Waals surface area contributed by atoms with Crippen LogP contribution in [-0.2, 0) is 19.6 Å². The lowest BCUT2D eigenvalue weighted by molar-refractivity contribution is 0.461. The predicted octanol–water partition coefficient (Wildman–Crippen LogP) is 3.45. The lowest BCUT2D eigenvalue weighted by Crippen LogP contribution is -2.17. The Morgan fingerprint density at radius 3 is 2.74 bits per heavy atom. The molecule has 2 aromatic rings. The van der Waals surface area contributed by atoms with E-state index >= 15 is 0 Å². The first-order chi connectivity index (χ1) is 8.65. The first kappa shape index (κ1) is 16.1. The molecule has 0 aliphatic rings. The lowest BCUT2D eigenvalue weighted by atomic mass is 10.2. The number of hydrogen-bond acceptors (Lipinski definition) is 3. The zero-order valence-electron chi connectivity index (χ0n) is 11.1. The van der Waals surface area contributed by atoms with Gasteiger partial charge in [0.25, 0.3) is 0 Å². The number of hydrogen-bond donors (Lipinski definition) is 1. The van der Waals surface area contributed by atoms with Crippen molar-refractivity contribution in [1.29, 1.82) is 0 Å². The Balaban J connectivity index is 0.00000180. The van der Waals surface area contributed by atoms with E-state index in [1.807, 2.05) is 23.0 Å². The van der Waals surface area contributed by atoms with Crippen molar-refractivity contribution >= 4 is 23.7 Å². The van der Waals surface area contributed by atoms with Gasteiger partial charge in [0, 0.05) is 30.7 Å². The molecule has 0 aromatic carbocycles. The minimum absolute atomic E-state index is 0. The van der Waals surface area contributed by atoms with Crippen LogP contribution in [0.1, 0.15) is 24.4 Å². The highest BCUT2D eigenvalue weighted by Crippen LogP contribution is 2.14. The van der Waals surface area contributed by atoms with Gasteiger partial charge in [-0.1, -0.05) is 13.8 Å². The molecule has 0 aliphatic carbocycles. The Hall–Kier alpha value is -0.910.